The van der Waals surface area contributed by atoms with Crippen molar-refractivity contribution in [2.75, 3.05) is 0 Å². The fourth-order valence-electron chi connectivity index (χ4n) is 1.97. The van der Waals surface area contributed by atoms with E-state index in [0.29, 0.717) is 0 Å². The zero-order valence-corrected chi connectivity index (χ0v) is 9.00. The van der Waals surface area contributed by atoms with Crippen molar-refractivity contribution >= 4 is 5.57 Å². The molecule has 1 heteroatoms. The molecule has 0 spiro atoms. The van der Waals surface area contributed by atoms with E-state index in [4.69, 9.17) is 4.74 Å². The van der Waals surface area contributed by atoms with E-state index in [0.717, 1.165) is 12.2 Å². The normalized spacial score (nSPS) is 21.5. The highest BCUT2D eigenvalue weighted by atomic mass is 16.5. The largest absolute Gasteiger partial charge is 0.487 e. The van der Waals surface area contributed by atoms with E-state index in [1.54, 1.807) is 0 Å². The molecule has 1 aliphatic rings. The van der Waals surface area contributed by atoms with E-state index >= 15 is 0 Å². The van der Waals surface area contributed by atoms with Crippen molar-refractivity contribution in [2.45, 2.75) is 32.8 Å². The summed E-state index contributed by atoms with van der Waals surface area (Å²) >= 11 is 0. The average Bonchev–Trinajstić information content (AvgIpc) is 2.15. The fraction of sp³-hybridized carbons (Fsp3) is 0.385. The maximum atomic E-state index is 5.91. The van der Waals surface area contributed by atoms with Gasteiger partial charge in [0, 0.05) is 12.0 Å². The van der Waals surface area contributed by atoms with E-state index in [2.05, 4.69) is 39.0 Å². The number of ether oxygens (including phenoxy) is 1. The van der Waals surface area contributed by atoms with Crippen LogP contribution in [0.25, 0.3) is 5.57 Å². The second kappa shape index (κ2) is 3.16. The second-order valence-electron chi connectivity index (χ2n) is 4.35. The Morgan fingerprint density at radius 3 is 2.71 bits per heavy atom. The molecule has 1 nitrogen and oxygen atoms in total. The molecule has 0 amide bonds. The second-order valence-corrected chi connectivity index (χ2v) is 4.35. The lowest BCUT2D eigenvalue weighted by Gasteiger charge is -2.34. The van der Waals surface area contributed by atoms with Gasteiger partial charge in [0.1, 0.15) is 11.4 Å². The zero-order chi connectivity index (χ0) is 10.2. The van der Waals surface area contributed by atoms with Crippen LogP contribution in [0.1, 0.15) is 32.8 Å². The van der Waals surface area contributed by atoms with Crippen LogP contribution in [0.3, 0.4) is 0 Å². The Morgan fingerprint density at radius 1 is 1.29 bits per heavy atom. The fourth-order valence-corrected chi connectivity index (χ4v) is 1.97. The van der Waals surface area contributed by atoms with Crippen LogP contribution in [-0.4, -0.2) is 5.60 Å². The molecule has 1 aromatic rings. The van der Waals surface area contributed by atoms with Gasteiger partial charge in [-0.25, -0.2) is 0 Å². The SMILES string of the molecule is CC=C1CC(C)(C)Oc2ccccc21. The summed E-state index contributed by atoms with van der Waals surface area (Å²) in [5, 5.41) is 0. The third-order valence-corrected chi connectivity index (χ3v) is 2.58. The number of hydrogen-bond acceptors (Lipinski definition) is 1. The van der Waals surface area contributed by atoms with Crippen LogP contribution in [0.4, 0.5) is 0 Å². The molecule has 0 aromatic heterocycles. The maximum Gasteiger partial charge on any atom is 0.127 e. The zero-order valence-electron chi connectivity index (χ0n) is 9.00. The minimum atomic E-state index is -0.0732. The minimum Gasteiger partial charge on any atom is -0.487 e. The van der Waals surface area contributed by atoms with Gasteiger partial charge >= 0.3 is 0 Å². The van der Waals surface area contributed by atoms with Gasteiger partial charge in [-0.2, -0.15) is 0 Å². The molecule has 1 aromatic carbocycles. The lowest BCUT2D eigenvalue weighted by molar-refractivity contribution is 0.107. The number of rotatable bonds is 0. The Balaban J connectivity index is 2.52. The Hall–Kier alpha value is -1.24. The summed E-state index contributed by atoms with van der Waals surface area (Å²) in [6.45, 7) is 6.35. The van der Waals surface area contributed by atoms with Gasteiger partial charge in [-0.3, -0.25) is 0 Å². The van der Waals surface area contributed by atoms with Crippen LogP contribution in [0, 0.1) is 0 Å². The molecule has 0 radical (unpaired) electrons. The molecule has 2 rings (SSSR count). The topological polar surface area (TPSA) is 9.23 Å². The Morgan fingerprint density at radius 2 is 2.00 bits per heavy atom. The Labute approximate surface area is 85.4 Å². The molecule has 1 heterocycles. The minimum absolute atomic E-state index is 0.0732. The predicted octanol–water partition coefficient (Wildman–Crippen LogP) is 3.65. The Bertz CT molecular complexity index is 375. The first-order chi connectivity index (χ1) is 6.62. The molecule has 0 fully saturated rings. The summed E-state index contributed by atoms with van der Waals surface area (Å²) in [4.78, 5) is 0. The van der Waals surface area contributed by atoms with E-state index in [1.807, 2.05) is 12.1 Å². The van der Waals surface area contributed by atoms with Crippen molar-refractivity contribution in [1.29, 1.82) is 0 Å². The van der Waals surface area contributed by atoms with Gasteiger partial charge in [-0.15, -0.1) is 0 Å². The van der Waals surface area contributed by atoms with Crippen molar-refractivity contribution in [1.82, 2.24) is 0 Å². The molecule has 0 saturated carbocycles. The van der Waals surface area contributed by atoms with Gasteiger partial charge in [-0.1, -0.05) is 24.3 Å². The third-order valence-electron chi connectivity index (χ3n) is 2.58. The molecule has 0 N–H and O–H groups in total. The number of allylic oxidation sites excluding steroid dienone is 1. The van der Waals surface area contributed by atoms with Crippen LogP contribution in [0.2, 0.25) is 0 Å². The van der Waals surface area contributed by atoms with E-state index < -0.39 is 0 Å². The van der Waals surface area contributed by atoms with Crippen LogP contribution in [0.15, 0.2) is 30.3 Å². The summed E-state index contributed by atoms with van der Waals surface area (Å²) in [5.41, 5.74) is 2.56. The first-order valence-corrected chi connectivity index (χ1v) is 5.06. The van der Waals surface area contributed by atoms with Crippen LogP contribution in [-0.2, 0) is 0 Å². The number of hydrogen-bond donors (Lipinski definition) is 0. The number of benzene rings is 1. The van der Waals surface area contributed by atoms with Crippen molar-refractivity contribution in [3.63, 3.8) is 0 Å². The average molecular weight is 188 g/mol. The van der Waals surface area contributed by atoms with Crippen LogP contribution < -0.4 is 4.74 Å². The maximum absolute atomic E-state index is 5.91. The molecule has 0 bridgehead atoms. The highest BCUT2D eigenvalue weighted by Crippen LogP contribution is 2.39. The smallest absolute Gasteiger partial charge is 0.127 e. The van der Waals surface area contributed by atoms with E-state index in [9.17, 15) is 0 Å². The number of para-hydroxylation sites is 1. The van der Waals surface area contributed by atoms with Gasteiger partial charge in [0.05, 0.1) is 0 Å². The molecule has 74 valence electrons. The molecular weight excluding hydrogens is 172 g/mol. The summed E-state index contributed by atoms with van der Waals surface area (Å²) in [7, 11) is 0. The van der Waals surface area contributed by atoms with E-state index in [-0.39, 0.29) is 5.60 Å². The van der Waals surface area contributed by atoms with Crippen molar-refractivity contribution < 1.29 is 4.74 Å². The molecule has 0 atom stereocenters. The molecule has 0 saturated heterocycles. The third kappa shape index (κ3) is 1.54. The highest BCUT2D eigenvalue weighted by Gasteiger charge is 2.28. The highest BCUT2D eigenvalue weighted by molar-refractivity contribution is 5.72. The van der Waals surface area contributed by atoms with Gasteiger partial charge < -0.3 is 4.74 Å². The van der Waals surface area contributed by atoms with Crippen molar-refractivity contribution in [3.8, 4) is 5.75 Å². The predicted molar refractivity (Wildman–Crippen MR) is 59.4 cm³/mol. The summed E-state index contributed by atoms with van der Waals surface area (Å²) in [6.07, 6.45) is 3.17. The van der Waals surface area contributed by atoms with Gasteiger partial charge in [0.2, 0.25) is 0 Å². The number of fused-ring (bicyclic) bond motifs is 1. The molecular formula is C13H16O. The van der Waals surface area contributed by atoms with E-state index in [1.165, 1.54) is 11.1 Å². The monoisotopic (exact) mass is 188 g/mol. The summed E-state index contributed by atoms with van der Waals surface area (Å²) in [6, 6.07) is 8.25. The molecule has 0 aliphatic carbocycles. The summed E-state index contributed by atoms with van der Waals surface area (Å²) < 4.78 is 5.91. The summed E-state index contributed by atoms with van der Waals surface area (Å²) in [5.74, 6) is 1.01. The van der Waals surface area contributed by atoms with Gasteiger partial charge in [-0.05, 0) is 32.4 Å². The molecule has 0 unspecified atom stereocenters. The lowest BCUT2D eigenvalue weighted by Crippen LogP contribution is -2.31. The van der Waals surface area contributed by atoms with Crippen molar-refractivity contribution in [2.24, 2.45) is 0 Å². The quantitative estimate of drug-likeness (QED) is 0.604. The van der Waals surface area contributed by atoms with Gasteiger partial charge in [0.15, 0.2) is 0 Å². The Kier molecular flexibility index (Phi) is 2.10. The standard InChI is InChI=1S/C13H16O/c1-4-10-9-13(2,3)14-12-8-6-5-7-11(10)12/h4-8H,9H2,1-3H3. The van der Waals surface area contributed by atoms with Gasteiger partial charge in [0.25, 0.3) is 0 Å². The molecule has 1 aliphatic heterocycles. The van der Waals surface area contributed by atoms with Crippen LogP contribution >= 0.6 is 0 Å². The van der Waals surface area contributed by atoms with Crippen molar-refractivity contribution in [3.05, 3.63) is 35.9 Å². The molecule has 14 heavy (non-hydrogen) atoms. The van der Waals surface area contributed by atoms with Crippen LogP contribution in [0.5, 0.6) is 5.75 Å². The first kappa shape index (κ1) is 9.32. The lowest BCUT2D eigenvalue weighted by atomic mass is 9.89. The first-order valence-electron chi connectivity index (χ1n) is 5.06.